The third-order valence-corrected chi connectivity index (χ3v) is 3.37. The minimum atomic E-state index is -0.284. The highest BCUT2D eigenvalue weighted by atomic mass is 32.2. The van der Waals surface area contributed by atoms with Crippen molar-refractivity contribution in [1.29, 1.82) is 0 Å². The fourth-order valence-electron chi connectivity index (χ4n) is 1.23. The van der Waals surface area contributed by atoms with Crippen LogP contribution in [0.25, 0.3) is 0 Å². The summed E-state index contributed by atoms with van der Waals surface area (Å²) in [6.45, 7) is 2.08. The van der Waals surface area contributed by atoms with E-state index in [1.807, 2.05) is 19.1 Å². The molecule has 0 aliphatic carbocycles. The number of nitrogen functional groups attached to an aromatic ring is 1. The second-order valence-electron chi connectivity index (χ2n) is 3.43. The second kappa shape index (κ2) is 6.52. The molecule has 4 N–H and O–H groups in total. The Morgan fingerprint density at radius 3 is 2.88 bits per heavy atom. The molecule has 0 spiro atoms. The van der Waals surface area contributed by atoms with Gasteiger partial charge in [-0.05, 0) is 11.6 Å². The highest BCUT2D eigenvalue weighted by Crippen LogP contribution is 2.20. The van der Waals surface area contributed by atoms with Crippen LogP contribution in [0.3, 0.4) is 0 Å². The van der Waals surface area contributed by atoms with Crippen molar-refractivity contribution in [2.45, 2.75) is 17.9 Å². The lowest BCUT2D eigenvalue weighted by molar-refractivity contribution is 0.0953. The molecule has 4 nitrogen and oxygen atoms in total. The lowest BCUT2D eigenvalue weighted by Crippen LogP contribution is -2.30. The van der Waals surface area contributed by atoms with Gasteiger partial charge < -0.3 is 5.11 Å². The molecule has 0 fully saturated rings. The molecule has 1 aromatic carbocycles. The quantitative estimate of drug-likeness (QED) is 0.406. The van der Waals surface area contributed by atoms with E-state index >= 15 is 0 Å². The number of hydrogen-bond donors (Lipinski definition) is 3. The van der Waals surface area contributed by atoms with Crippen LogP contribution in [-0.4, -0.2) is 22.9 Å². The molecule has 0 aliphatic rings. The maximum Gasteiger partial charge on any atom is 0.265 e. The Hall–Kier alpha value is -1.04. The minimum Gasteiger partial charge on any atom is -0.395 e. The molecule has 0 radical (unpaired) electrons. The SMILES string of the molecule is CC(CO)SCc1ccccc1C(=O)NN. The summed E-state index contributed by atoms with van der Waals surface area (Å²) in [5.74, 6) is 5.51. The second-order valence-corrected chi connectivity index (χ2v) is 4.86. The van der Waals surface area contributed by atoms with E-state index in [-0.39, 0.29) is 17.8 Å². The Morgan fingerprint density at radius 2 is 2.25 bits per heavy atom. The summed E-state index contributed by atoms with van der Waals surface area (Å²) in [7, 11) is 0. The fraction of sp³-hybridized carbons (Fsp3) is 0.364. The molecular formula is C11H16N2O2S. The van der Waals surface area contributed by atoms with Crippen molar-refractivity contribution in [2.75, 3.05) is 6.61 Å². The van der Waals surface area contributed by atoms with Gasteiger partial charge in [-0.2, -0.15) is 11.8 Å². The lowest BCUT2D eigenvalue weighted by atomic mass is 10.1. The summed E-state index contributed by atoms with van der Waals surface area (Å²) in [4.78, 5) is 11.5. The molecule has 1 atom stereocenters. The number of hydrogen-bond acceptors (Lipinski definition) is 4. The highest BCUT2D eigenvalue weighted by Gasteiger charge is 2.10. The summed E-state index contributed by atoms with van der Waals surface area (Å²) >= 11 is 1.60. The Labute approximate surface area is 99.2 Å². The molecule has 1 aromatic rings. The monoisotopic (exact) mass is 240 g/mol. The van der Waals surface area contributed by atoms with Gasteiger partial charge in [-0.1, -0.05) is 25.1 Å². The number of amides is 1. The van der Waals surface area contributed by atoms with Gasteiger partial charge in [0.25, 0.3) is 5.91 Å². The fourth-order valence-corrected chi connectivity index (χ4v) is 2.05. The predicted molar refractivity (Wildman–Crippen MR) is 65.9 cm³/mol. The average molecular weight is 240 g/mol. The van der Waals surface area contributed by atoms with Gasteiger partial charge in [-0.25, -0.2) is 5.84 Å². The standard InChI is InChI=1S/C11H16N2O2S/c1-8(6-14)16-7-9-4-2-3-5-10(9)11(15)13-12/h2-5,8,14H,6-7,12H2,1H3,(H,13,15). The van der Waals surface area contributed by atoms with Crippen LogP contribution in [-0.2, 0) is 5.75 Å². The number of hydrazine groups is 1. The molecular weight excluding hydrogens is 224 g/mol. The first-order chi connectivity index (χ1) is 7.69. The number of aliphatic hydroxyl groups is 1. The first-order valence-corrected chi connectivity index (χ1v) is 6.05. The number of rotatable bonds is 5. The summed E-state index contributed by atoms with van der Waals surface area (Å²) in [5.41, 5.74) is 3.64. The molecule has 0 saturated carbocycles. The summed E-state index contributed by atoms with van der Waals surface area (Å²) in [6.07, 6.45) is 0. The van der Waals surface area contributed by atoms with Gasteiger partial charge in [0, 0.05) is 16.6 Å². The smallest absolute Gasteiger partial charge is 0.265 e. The van der Waals surface area contributed by atoms with Crippen LogP contribution >= 0.6 is 11.8 Å². The summed E-state index contributed by atoms with van der Waals surface area (Å²) in [5, 5.41) is 9.08. The van der Waals surface area contributed by atoms with Crippen LogP contribution in [0.1, 0.15) is 22.8 Å². The van der Waals surface area contributed by atoms with Crippen molar-refractivity contribution in [3.05, 3.63) is 35.4 Å². The van der Waals surface area contributed by atoms with Crippen LogP contribution in [0.2, 0.25) is 0 Å². The molecule has 0 bridgehead atoms. The van der Waals surface area contributed by atoms with Gasteiger partial charge in [0.05, 0.1) is 6.61 Å². The molecule has 1 rings (SSSR count). The zero-order chi connectivity index (χ0) is 12.0. The maximum absolute atomic E-state index is 11.5. The molecule has 1 unspecified atom stereocenters. The average Bonchev–Trinajstić information content (AvgIpc) is 2.35. The van der Waals surface area contributed by atoms with Crippen LogP contribution in [0, 0.1) is 0 Å². The molecule has 0 aromatic heterocycles. The van der Waals surface area contributed by atoms with E-state index in [1.54, 1.807) is 23.9 Å². The van der Waals surface area contributed by atoms with Crippen molar-refractivity contribution >= 4 is 17.7 Å². The topological polar surface area (TPSA) is 75.3 Å². The third-order valence-electron chi connectivity index (χ3n) is 2.17. The molecule has 0 saturated heterocycles. The highest BCUT2D eigenvalue weighted by molar-refractivity contribution is 7.99. The molecule has 88 valence electrons. The van der Waals surface area contributed by atoms with Crippen molar-refractivity contribution < 1.29 is 9.90 Å². The lowest BCUT2D eigenvalue weighted by Gasteiger charge is -2.10. The van der Waals surface area contributed by atoms with Gasteiger partial charge in [0.2, 0.25) is 0 Å². The first kappa shape index (κ1) is 13.0. The van der Waals surface area contributed by atoms with E-state index in [1.165, 1.54) is 0 Å². The van der Waals surface area contributed by atoms with Crippen LogP contribution < -0.4 is 11.3 Å². The van der Waals surface area contributed by atoms with Gasteiger partial charge in [-0.3, -0.25) is 10.2 Å². The Morgan fingerprint density at radius 1 is 1.56 bits per heavy atom. The van der Waals surface area contributed by atoms with Gasteiger partial charge in [0.1, 0.15) is 0 Å². The largest absolute Gasteiger partial charge is 0.395 e. The molecule has 1 amide bonds. The van der Waals surface area contributed by atoms with Crippen LogP contribution in [0.4, 0.5) is 0 Å². The number of thioether (sulfide) groups is 1. The molecule has 16 heavy (non-hydrogen) atoms. The summed E-state index contributed by atoms with van der Waals surface area (Å²) in [6, 6.07) is 7.31. The van der Waals surface area contributed by atoms with Crippen molar-refractivity contribution in [1.82, 2.24) is 5.43 Å². The maximum atomic E-state index is 11.5. The Balaban J connectivity index is 2.75. The zero-order valence-electron chi connectivity index (χ0n) is 9.14. The minimum absolute atomic E-state index is 0.135. The molecule has 0 heterocycles. The van der Waals surface area contributed by atoms with Crippen molar-refractivity contribution in [3.8, 4) is 0 Å². The Kier molecular flexibility index (Phi) is 5.31. The van der Waals surface area contributed by atoms with E-state index in [0.717, 1.165) is 5.56 Å². The van der Waals surface area contributed by atoms with Gasteiger partial charge >= 0.3 is 0 Å². The predicted octanol–water partition coefficient (Wildman–Crippen LogP) is 0.904. The molecule has 0 aliphatic heterocycles. The normalized spacial score (nSPS) is 12.2. The van der Waals surface area contributed by atoms with Crippen molar-refractivity contribution in [2.24, 2.45) is 5.84 Å². The third kappa shape index (κ3) is 3.52. The van der Waals surface area contributed by atoms with Crippen LogP contribution in [0.5, 0.6) is 0 Å². The first-order valence-electron chi connectivity index (χ1n) is 5.00. The van der Waals surface area contributed by atoms with Crippen LogP contribution in [0.15, 0.2) is 24.3 Å². The zero-order valence-corrected chi connectivity index (χ0v) is 9.96. The van der Waals surface area contributed by atoms with E-state index in [9.17, 15) is 4.79 Å². The number of benzene rings is 1. The van der Waals surface area contributed by atoms with E-state index in [2.05, 4.69) is 5.43 Å². The Bertz CT molecular complexity index is 358. The number of aliphatic hydroxyl groups excluding tert-OH is 1. The molecule has 5 heteroatoms. The van der Waals surface area contributed by atoms with Gasteiger partial charge in [-0.15, -0.1) is 0 Å². The number of nitrogens with two attached hydrogens (primary N) is 1. The van der Waals surface area contributed by atoms with E-state index in [0.29, 0.717) is 11.3 Å². The number of nitrogens with one attached hydrogen (secondary N) is 1. The van der Waals surface area contributed by atoms with Gasteiger partial charge in [0.15, 0.2) is 0 Å². The van der Waals surface area contributed by atoms with Crippen molar-refractivity contribution in [3.63, 3.8) is 0 Å². The van der Waals surface area contributed by atoms with E-state index < -0.39 is 0 Å². The summed E-state index contributed by atoms with van der Waals surface area (Å²) < 4.78 is 0. The number of carbonyl (C=O) groups is 1. The van der Waals surface area contributed by atoms with E-state index in [4.69, 9.17) is 10.9 Å². The number of carbonyl (C=O) groups excluding carboxylic acids is 1.